The number of carbonyl (C=O) groups excluding carboxylic acids is 1. The Balaban J connectivity index is 1.95. The van der Waals surface area contributed by atoms with Gasteiger partial charge in [-0.25, -0.2) is 8.42 Å². The number of sulfonamides is 1. The molecule has 2 rings (SSSR count). The second-order valence-corrected chi connectivity index (χ2v) is 8.91. The first-order valence-electron chi connectivity index (χ1n) is 9.09. The Kier molecular flexibility index (Phi) is 7.07. The predicted octanol–water partition coefficient (Wildman–Crippen LogP) is 2.88. The summed E-state index contributed by atoms with van der Waals surface area (Å²) in [7, 11) is -3.59. The molecule has 0 heterocycles. The minimum Gasteiger partial charge on any atom is -0.492 e. The summed E-state index contributed by atoms with van der Waals surface area (Å²) in [5, 5.41) is 2.72. The highest BCUT2D eigenvalue weighted by Gasteiger charge is 2.22. The fourth-order valence-electron chi connectivity index (χ4n) is 2.72. The first kappa shape index (κ1) is 21.8. The van der Waals surface area contributed by atoms with Crippen LogP contribution in [0.2, 0.25) is 0 Å². The lowest BCUT2D eigenvalue weighted by Crippen LogP contribution is -2.41. The highest BCUT2D eigenvalue weighted by molar-refractivity contribution is 7.92. The molecular formula is C21H28N2O4S. The van der Waals surface area contributed by atoms with Gasteiger partial charge < -0.3 is 10.1 Å². The lowest BCUT2D eigenvalue weighted by molar-refractivity contribution is -0.119. The Hall–Kier alpha value is -2.54. The van der Waals surface area contributed by atoms with Crippen molar-refractivity contribution in [1.29, 1.82) is 0 Å². The molecule has 2 aromatic carbocycles. The van der Waals surface area contributed by atoms with Gasteiger partial charge in [-0.05, 0) is 68.1 Å². The van der Waals surface area contributed by atoms with Crippen LogP contribution in [0, 0.1) is 27.7 Å². The van der Waals surface area contributed by atoms with Gasteiger partial charge in [0.2, 0.25) is 15.9 Å². The predicted molar refractivity (Wildman–Crippen MR) is 113 cm³/mol. The van der Waals surface area contributed by atoms with Crippen molar-refractivity contribution in [3.8, 4) is 5.75 Å². The van der Waals surface area contributed by atoms with E-state index in [0.29, 0.717) is 12.3 Å². The maximum atomic E-state index is 12.3. The molecule has 0 fully saturated rings. The molecule has 0 aliphatic heterocycles. The van der Waals surface area contributed by atoms with Crippen LogP contribution in [-0.2, 0) is 14.8 Å². The van der Waals surface area contributed by atoms with Gasteiger partial charge in [0.05, 0.1) is 18.5 Å². The minimum absolute atomic E-state index is 0.271. The normalized spacial score (nSPS) is 11.2. The number of ether oxygens (including phenoxy) is 1. The molecule has 7 heteroatoms. The molecule has 0 bridgehead atoms. The Morgan fingerprint density at radius 1 is 1.00 bits per heavy atom. The quantitative estimate of drug-likeness (QED) is 0.687. The third kappa shape index (κ3) is 5.99. The molecule has 0 unspecified atom stereocenters. The van der Waals surface area contributed by atoms with Crippen LogP contribution >= 0.6 is 0 Å². The van der Waals surface area contributed by atoms with E-state index in [1.807, 2.05) is 58.0 Å². The molecule has 0 spiro atoms. The van der Waals surface area contributed by atoms with Gasteiger partial charge in [-0.15, -0.1) is 0 Å². The van der Waals surface area contributed by atoms with E-state index in [9.17, 15) is 13.2 Å². The monoisotopic (exact) mass is 404 g/mol. The van der Waals surface area contributed by atoms with Gasteiger partial charge in [-0.2, -0.15) is 0 Å². The van der Waals surface area contributed by atoms with Crippen molar-refractivity contribution >= 4 is 21.6 Å². The van der Waals surface area contributed by atoms with Crippen molar-refractivity contribution in [3.63, 3.8) is 0 Å². The Morgan fingerprint density at radius 2 is 1.68 bits per heavy atom. The summed E-state index contributed by atoms with van der Waals surface area (Å²) in [4.78, 5) is 12.3. The van der Waals surface area contributed by atoms with Crippen LogP contribution in [-0.4, -0.2) is 40.3 Å². The average molecular weight is 405 g/mol. The highest BCUT2D eigenvalue weighted by atomic mass is 32.2. The molecular weight excluding hydrogens is 376 g/mol. The number of carbonyl (C=O) groups is 1. The van der Waals surface area contributed by atoms with Crippen molar-refractivity contribution in [1.82, 2.24) is 5.32 Å². The second-order valence-electron chi connectivity index (χ2n) is 7.00. The minimum atomic E-state index is -3.59. The third-order valence-corrected chi connectivity index (χ3v) is 5.62. The number of aryl methyl sites for hydroxylation is 4. The number of amides is 1. The first-order chi connectivity index (χ1) is 13.1. The molecule has 0 aliphatic carbocycles. The number of anilines is 1. The van der Waals surface area contributed by atoms with Crippen LogP contribution < -0.4 is 14.4 Å². The number of nitrogens with one attached hydrogen (secondary N) is 1. The van der Waals surface area contributed by atoms with Gasteiger partial charge in [0, 0.05) is 0 Å². The molecule has 0 aliphatic rings. The molecule has 0 saturated carbocycles. The summed E-state index contributed by atoms with van der Waals surface area (Å²) in [6, 6.07) is 11.3. The van der Waals surface area contributed by atoms with Crippen LogP contribution in [0.5, 0.6) is 5.75 Å². The molecule has 0 aromatic heterocycles. The van der Waals surface area contributed by atoms with Gasteiger partial charge in [0.15, 0.2) is 0 Å². The van der Waals surface area contributed by atoms with Gasteiger partial charge in [0.1, 0.15) is 18.9 Å². The maximum absolute atomic E-state index is 12.3. The zero-order valence-electron chi connectivity index (χ0n) is 17.1. The second kappa shape index (κ2) is 9.10. The summed E-state index contributed by atoms with van der Waals surface area (Å²) >= 11 is 0. The Morgan fingerprint density at radius 3 is 2.32 bits per heavy atom. The van der Waals surface area contributed by atoms with E-state index in [1.54, 1.807) is 6.07 Å². The third-order valence-electron chi connectivity index (χ3n) is 4.49. The number of hydrogen-bond donors (Lipinski definition) is 1. The van der Waals surface area contributed by atoms with E-state index in [4.69, 9.17) is 4.74 Å². The molecule has 28 heavy (non-hydrogen) atoms. The van der Waals surface area contributed by atoms with E-state index >= 15 is 0 Å². The van der Waals surface area contributed by atoms with E-state index < -0.39 is 10.0 Å². The Labute approximate surface area is 167 Å². The van der Waals surface area contributed by atoms with Crippen LogP contribution in [0.1, 0.15) is 22.3 Å². The van der Waals surface area contributed by atoms with E-state index in [2.05, 4.69) is 5.32 Å². The fourth-order valence-corrected chi connectivity index (χ4v) is 3.62. The number of rotatable bonds is 8. The average Bonchev–Trinajstić information content (AvgIpc) is 2.61. The lowest BCUT2D eigenvalue weighted by Gasteiger charge is -2.24. The van der Waals surface area contributed by atoms with Crippen LogP contribution in [0.25, 0.3) is 0 Å². The van der Waals surface area contributed by atoms with E-state index in [-0.39, 0.29) is 19.0 Å². The van der Waals surface area contributed by atoms with Crippen LogP contribution in [0.15, 0.2) is 36.4 Å². The van der Waals surface area contributed by atoms with E-state index in [1.165, 1.54) is 5.56 Å². The SMILES string of the molecule is Cc1ccc(C)c(N(CC(=O)NCCOc2ccc(C)c(C)c2)S(C)(=O)=O)c1. The van der Waals surface area contributed by atoms with Gasteiger partial charge in [0.25, 0.3) is 0 Å². The lowest BCUT2D eigenvalue weighted by atomic mass is 10.1. The van der Waals surface area contributed by atoms with Crippen LogP contribution in [0.4, 0.5) is 5.69 Å². The van der Waals surface area contributed by atoms with Gasteiger partial charge in [-0.3, -0.25) is 9.10 Å². The molecule has 0 saturated heterocycles. The largest absolute Gasteiger partial charge is 0.492 e. The van der Waals surface area contributed by atoms with Gasteiger partial charge >= 0.3 is 0 Å². The molecule has 6 nitrogen and oxygen atoms in total. The number of benzene rings is 2. The maximum Gasteiger partial charge on any atom is 0.240 e. The zero-order chi connectivity index (χ0) is 20.9. The van der Waals surface area contributed by atoms with Gasteiger partial charge in [-0.1, -0.05) is 18.2 Å². The van der Waals surface area contributed by atoms with Crippen molar-refractivity contribution in [2.45, 2.75) is 27.7 Å². The summed E-state index contributed by atoms with van der Waals surface area (Å²) in [5.74, 6) is 0.362. The molecule has 0 radical (unpaired) electrons. The smallest absolute Gasteiger partial charge is 0.240 e. The Bertz CT molecular complexity index is 955. The molecule has 0 atom stereocenters. The summed E-state index contributed by atoms with van der Waals surface area (Å²) in [5.41, 5.74) is 4.56. The molecule has 2 aromatic rings. The molecule has 1 amide bonds. The van der Waals surface area contributed by atoms with Crippen molar-refractivity contribution in [2.75, 3.05) is 30.3 Å². The standard InChI is InChI=1S/C21H28N2O4S/c1-15-6-7-17(3)20(12-15)23(28(5,25)26)14-21(24)22-10-11-27-19-9-8-16(2)18(4)13-19/h6-9,12-13H,10-11,14H2,1-5H3,(H,22,24). The number of nitrogens with zero attached hydrogens (tertiary/aromatic N) is 1. The highest BCUT2D eigenvalue weighted by Crippen LogP contribution is 2.23. The van der Waals surface area contributed by atoms with Crippen molar-refractivity contribution in [3.05, 3.63) is 58.7 Å². The van der Waals surface area contributed by atoms with Crippen LogP contribution in [0.3, 0.4) is 0 Å². The van der Waals surface area contributed by atoms with Crippen molar-refractivity contribution < 1.29 is 17.9 Å². The topological polar surface area (TPSA) is 75.7 Å². The summed E-state index contributed by atoms with van der Waals surface area (Å²) in [6.45, 7) is 8.06. The number of hydrogen-bond acceptors (Lipinski definition) is 4. The molecule has 1 N–H and O–H groups in total. The first-order valence-corrected chi connectivity index (χ1v) is 10.9. The summed E-state index contributed by atoms with van der Waals surface area (Å²) in [6.07, 6.45) is 1.10. The summed E-state index contributed by atoms with van der Waals surface area (Å²) < 4.78 is 31.2. The zero-order valence-corrected chi connectivity index (χ0v) is 17.9. The van der Waals surface area contributed by atoms with E-state index in [0.717, 1.165) is 33.0 Å². The van der Waals surface area contributed by atoms with Crippen molar-refractivity contribution in [2.24, 2.45) is 0 Å². The fraction of sp³-hybridized carbons (Fsp3) is 0.381. The molecule has 152 valence electrons.